The SMILES string of the molecule is CCC1Cc2cc(OCc3ccccc3)c(OC)cc2-c2cc(=O)c(C(=O)N=O)cn21. The summed E-state index contributed by atoms with van der Waals surface area (Å²) in [6.45, 7) is 2.45. The molecule has 1 unspecified atom stereocenters. The molecule has 31 heavy (non-hydrogen) atoms. The first-order valence-corrected chi connectivity index (χ1v) is 10.1. The van der Waals surface area contributed by atoms with Crippen molar-refractivity contribution < 1.29 is 14.3 Å². The van der Waals surface area contributed by atoms with E-state index in [1.54, 1.807) is 7.11 Å². The lowest BCUT2D eigenvalue weighted by molar-refractivity contribution is 0.0999. The molecule has 0 aliphatic carbocycles. The summed E-state index contributed by atoms with van der Waals surface area (Å²) >= 11 is 0. The van der Waals surface area contributed by atoms with Crippen LogP contribution < -0.4 is 14.9 Å². The third kappa shape index (κ3) is 3.86. The molecule has 158 valence electrons. The Morgan fingerprint density at radius 3 is 2.61 bits per heavy atom. The number of aromatic nitrogens is 1. The number of methoxy groups -OCH3 is 1. The minimum atomic E-state index is -1.05. The lowest BCUT2D eigenvalue weighted by Gasteiger charge is -2.31. The van der Waals surface area contributed by atoms with E-state index in [9.17, 15) is 14.5 Å². The molecule has 0 saturated carbocycles. The summed E-state index contributed by atoms with van der Waals surface area (Å²) in [5, 5.41) is 2.41. The number of pyridine rings is 1. The highest BCUT2D eigenvalue weighted by atomic mass is 16.5. The fourth-order valence-corrected chi connectivity index (χ4v) is 3.99. The number of amides is 1. The lowest BCUT2D eigenvalue weighted by atomic mass is 9.90. The first-order chi connectivity index (χ1) is 15.0. The van der Waals surface area contributed by atoms with Crippen molar-refractivity contribution in [3.05, 3.63) is 86.5 Å². The van der Waals surface area contributed by atoms with Gasteiger partial charge < -0.3 is 14.0 Å². The molecule has 2 heterocycles. The van der Waals surface area contributed by atoms with Gasteiger partial charge in [-0.2, -0.15) is 0 Å². The number of benzene rings is 2. The number of nitroso groups, excluding NO2 is 1. The fourth-order valence-electron chi connectivity index (χ4n) is 3.99. The van der Waals surface area contributed by atoms with E-state index in [4.69, 9.17) is 9.47 Å². The van der Waals surface area contributed by atoms with Crippen LogP contribution in [0.5, 0.6) is 11.5 Å². The van der Waals surface area contributed by atoms with E-state index in [1.165, 1.54) is 12.3 Å². The minimum Gasteiger partial charge on any atom is -0.493 e. The Bertz CT molecular complexity index is 1200. The maximum Gasteiger partial charge on any atom is 0.322 e. The molecule has 1 aromatic heterocycles. The zero-order valence-electron chi connectivity index (χ0n) is 17.3. The smallest absolute Gasteiger partial charge is 0.322 e. The maximum atomic E-state index is 12.5. The standard InChI is InChI=1S/C24H22N2O5/c1-3-17-9-16-10-23(31-14-15-7-5-4-6-8-15)22(30-2)11-18(16)20-12-21(27)19(13-26(17)20)24(28)25-29/h4-8,10-13,17H,3,9,14H2,1-2H3. The first-order valence-electron chi connectivity index (χ1n) is 10.1. The van der Waals surface area contributed by atoms with Gasteiger partial charge in [-0.05, 0) is 36.1 Å². The third-order valence-corrected chi connectivity index (χ3v) is 5.62. The average Bonchev–Trinajstić information content (AvgIpc) is 2.81. The summed E-state index contributed by atoms with van der Waals surface area (Å²) in [5.41, 5.74) is 2.85. The van der Waals surface area contributed by atoms with Crippen LogP contribution in [0.25, 0.3) is 11.3 Å². The Kier molecular flexibility index (Phi) is 5.66. The Hall–Kier alpha value is -3.74. The number of fused-ring (bicyclic) bond motifs is 3. The van der Waals surface area contributed by atoms with Gasteiger partial charge in [0.1, 0.15) is 12.2 Å². The molecule has 1 atom stereocenters. The summed E-state index contributed by atoms with van der Waals surface area (Å²) < 4.78 is 13.5. The molecular formula is C24H22N2O5. The van der Waals surface area contributed by atoms with Crippen LogP contribution >= 0.6 is 0 Å². The minimum absolute atomic E-state index is 0.0247. The highest BCUT2D eigenvalue weighted by Gasteiger charge is 2.27. The van der Waals surface area contributed by atoms with Gasteiger partial charge in [0, 0.05) is 29.0 Å². The summed E-state index contributed by atoms with van der Waals surface area (Å²) in [6, 6.07) is 15.1. The molecule has 0 saturated heterocycles. The summed E-state index contributed by atoms with van der Waals surface area (Å²) in [6.07, 6.45) is 2.92. The number of ether oxygens (including phenoxy) is 2. The topological polar surface area (TPSA) is 87.0 Å². The van der Waals surface area contributed by atoms with Crippen molar-refractivity contribution in [1.82, 2.24) is 4.57 Å². The van der Waals surface area contributed by atoms with Crippen LogP contribution in [0.3, 0.4) is 0 Å². The quantitative estimate of drug-likeness (QED) is 0.550. The second-order valence-electron chi connectivity index (χ2n) is 7.44. The zero-order chi connectivity index (χ0) is 22.0. The number of hydrogen-bond acceptors (Lipinski definition) is 5. The molecule has 0 radical (unpaired) electrons. The van der Waals surface area contributed by atoms with Crippen molar-refractivity contribution in [1.29, 1.82) is 0 Å². The molecule has 1 amide bonds. The van der Waals surface area contributed by atoms with Crippen LogP contribution in [0.4, 0.5) is 0 Å². The predicted octanol–water partition coefficient (Wildman–Crippen LogP) is 4.52. The van der Waals surface area contributed by atoms with Gasteiger partial charge in [0.15, 0.2) is 16.9 Å². The molecule has 7 heteroatoms. The zero-order valence-corrected chi connectivity index (χ0v) is 17.3. The number of carbonyl (C=O) groups is 1. The highest BCUT2D eigenvalue weighted by Crippen LogP contribution is 2.41. The predicted molar refractivity (Wildman–Crippen MR) is 117 cm³/mol. The van der Waals surface area contributed by atoms with Gasteiger partial charge in [0.05, 0.1) is 12.8 Å². The number of rotatable bonds is 6. The lowest BCUT2D eigenvalue weighted by Crippen LogP contribution is -2.25. The van der Waals surface area contributed by atoms with Gasteiger partial charge >= 0.3 is 5.91 Å². The Labute approximate surface area is 179 Å². The third-order valence-electron chi connectivity index (χ3n) is 5.62. The Balaban J connectivity index is 1.78. The van der Waals surface area contributed by atoms with E-state index in [0.29, 0.717) is 30.2 Å². The van der Waals surface area contributed by atoms with Crippen molar-refractivity contribution in [2.45, 2.75) is 32.4 Å². The molecule has 1 aliphatic rings. The van der Waals surface area contributed by atoms with Gasteiger partial charge in [0.25, 0.3) is 0 Å². The number of hydrogen-bond donors (Lipinski definition) is 0. The molecule has 0 bridgehead atoms. The van der Waals surface area contributed by atoms with Gasteiger partial charge in [-0.3, -0.25) is 9.59 Å². The molecule has 1 aliphatic heterocycles. The summed E-state index contributed by atoms with van der Waals surface area (Å²) in [4.78, 5) is 34.9. The normalized spacial score (nSPS) is 14.3. The van der Waals surface area contributed by atoms with Gasteiger partial charge in [-0.15, -0.1) is 4.91 Å². The monoisotopic (exact) mass is 418 g/mol. The van der Waals surface area contributed by atoms with E-state index in [2.05, 4.69) is 5.18 Å². The molecular weight excluding hydrogens is 396 g/mol. The number of nitrogens with zero attached hydrogens (tertiary/aromatic N) is 2. The first kappa shape index (κ1) is 20.5. The van der Waals surface area contributed by atoms with Crippen molar-refractivity contribution in [2.75, 3.05) is 7.11 Å². The Morgan fingerprint density at radius 2 is 1.94 bits per heavy atom. The van der Waals surface area contributed by atoms with Crippen LogP contribution in [0.1, 0.15) is 40.9 Å². The molecule has 0 N–H and O–H groups in total. The van der Waals surface area contributed by atoms with E-state index in [0.717, 1.165) is 23.1 Å². The second-order valence-corrected chi connectivity index (χ2v) is 7.44. The van der Waals surface area contributed by atoms with Gasteiger partial charge in [-0.25, -0.2) is 0 Å². The van der Waals surface area contributed by atoms with Crippen molar-refractivity contribution >= 4 is 5.91 Å². The molecule has 0 fully saturated rings. The molecule has 3 aromatic rings. The fraction of sp³-hybridized carbons (Fsp3) is 0.250. The van der Waals surface area contributed by atoms with E-state index in [1.807, 2.05) is 54.0 Å². The van der Waals surface area contributed by atoms with Gasteiger partial charge in [-0.1, -0.05) is 37.3 Å². The summed E-state index contributed by atoms with van der Waals surface area (Å²) in [5.74, 6) is 0.134. The Morgan fingerprint density at radius 1 is 1.16 bits per heavy atom. The highest BCUT2D eigenvalue weighted by molar-refractivity contribution is 5.94. The summed E-state index contributed by atoms with van der Waals surface area (Å²) in [7, 11) is 1.57. The van der Waals surface area contributed by atoms with Crippen LogP contribution in [0.2, 0.25) is 0 Å². The van der Waals surface area contributed by atoms with Crippen LogP contribution in [-0.4, -0.2) is 17.6 Å². The van der Waals surface area contributed by atoms with E-state index < -0.39 is 11.3 Å². The average molecular weight is 418 g/mol. The van der Waals surface area contributed by atoms with E-state index in [-0.39, 0.29) is 11.6 Å². The molecule has 2 aromatic carbocycles. The molecule has 4 rings (SSSR count). The van der Waals surface area contributed by atoms with E-state index >= 15 is 0 Å². The van der Waals surface area contributed by atoms with Crippen LogP contribution in [0.15, 0.2) is 64.7 Å². The largest absolute Gasteiger partial charge is 0.493 e. The molecule has 7 nitrogen and oxygen atoms in total. The number of carbonyl (C=O) groups excluding carboxylic acids is 1. The van der Waals surface area contributed by atoms with Crippen molar-refractivity contribution in [3.63, 3.8) is 0 Å². The van der Waals surface area contributed by atoms with Gasteiger partial charge in [0.2, 0.25) is 0 Å². The maximum absolute atomic E-state index is 12.5. The van der Waals surface area contributed by atoms with Crippen LogP contribution in [0, 0.1) is 4.91 Å². The second kappa shape index (κ2) is 8.55. The van der Waals surface area contributed by atoms with Crippen molar-refractivity contribution in [2.24, 2.45) is 5.18 Å². The molecule has 0 spiro atoms. The van der Waals surface area contributed by atoms with Crippen LogP contribution in [-0.2, 0) is 13.0 Å². The van der Waals surface area contributed by atoms with Crippen molar-refractivity contribution in [3.8, 4) is 22.8 Å².